The molecule has 0 radical (unpaired) electrons. The van der Waals surface area contributed by atoms with E-state index in [0.717, 1.165) is 0 Å². The number of fused-ring (bicyclic) bond motifs is 4. The van der Waals surface area contributed by atoms with Crippen LogP contribution in [0.25, 0.3) is 10.8 Å². The molecule has 37 heavy (non-hydrogen) atoms. The molecule has 0 aliphatic heterocycles. The second-order valence-electron chi connectivity index (χ2n) is 9.98. The zero-order chi connectivity index (χ0) is 27.1. The van der Waals surface area contributed by atoms with Crippen molar-refractivity contribution < 1.29 is 39.6 Å². The third-order valence-corrected chi connectivity index (χ3v) is 7.71. The molecule has 0 unspecified atom stereocenters. The summed E-state index contributed by atoms with van der Waals surface area (Å²) in [7, 11) is 3.16. The number of aromatic hydroxyl groups is 1. The number of aliphatic hydroxyl groups excluding tert-OH is 2. The van der Waals surface area contributed by atoms with E-state index >= 15 is 0 Å². The molecule has 3 aliphatic rings. The molecule has 0 aromatic heterocycles. The largest absolute Gasteiger partial charge is 0.510 e. The second kappa shape index (κ2) is 7.89. The first kappa shape index (κ1) is 24.5. The molecule has 4 atom stereocenters. The molecule has 8 N–H and O–H groups in total. The van der Waals surface area contributed by atoms with E-state index < -0.39 is 63.8 Å². The predicted octanol–water partition coefficient (Wildman–Crippen LogP) is 0.373. The van der Waals surface area contributed by atoms with Crippen molar-refractivity contribution in [3.05, 3.63) is 63.6 Å². The van der Waals surface area contributed by atoms with Crippen LogP contribution in [0.15, 0.2) is 46.9 Å². The Labute approximate surface area is 210 Å². The number of carbonyl (C=O) groups excluding carboxylic acids is 4. The fourth-order valence-corrected chi connectivity index (χ4v) is 5.87. The van der Waals surface area contributed by atoms with Crippen LogP contribution >= 0.6 is 0 Å². The van der Waals surface area contributed by atoms with Crippen LogP contribution in [0.4, 0.5) is 0 Å². The van der Waals surface area contributed by atoms with Crippen LogP contribution in [0, 0.1) is 11.8 Å². The Morgan fingerprint density at radius 2 is 1.78 bits per heavy atom. The van der Waals surface area contributed by atoms with E-state index in [1.807, 2.05) is 0 Å². The Kier molecular flexibility index (Phi) is 5.22. The lowest BCUT2D eigenvalue weighted by Crippen LogP contribution is -2.63. The van der Waals surface area contributed by atoms with Crippen molar-refractivity contribution in [3.8, 4) is 5.75 Å². The minimum Gasteiger partial charge on any atom is -0.510 e. The van der Waals surface area contributed by atoms with E-state index in [1.54, 1.807) is 32.3 Å². The van der Waals surface area contributed by atoms with Crippen LogP contribution in [0.3, 0.4) is 0 Å². The van der Waals surface area contributed by atoms with Crippen molar-refractivity contribution in [1.82, 2.24) is 4.90 Å². The Bertz CT molecular complexity index is 1520. The molecule has 0 bridgehead atoms. The Morgan fingerprint density at radius 1 is 1.11 bits per heavy atom. The zero-order valence-corrected chi connectivity index (χ0v) is 20.0. The van der Waals surface area contributed by atoms with Crippen LogP contribution < -0.4 is 11.5 Å². The molecule has 192 valence electrons. The monoisotopic (exact) mass is 507 g/mol. The Hall–Kier alpha value is -4.22. The average Bonchev–Trinajstić information content (AvgIpc) is 2.83. The van der Waals surface area contributed by atoms with E-state index in [-0.39, 0.29) is 40.8 Å². The number of hydrogen-bond donors (Lipinski definition) is 6. The summed E-state index contributed by atoms with van der Waals surface area (Å²) in [4.78, 5) is 52.4. The summed E-state index contributed by atoms with van der Waals surface area (Å²) in [6, 6.07) is 5.03. The highest BCUT2D eigenvalue weighted by Crippen LogP contribution is 2.51. The van der Waals surface area contributed by atoms with Crippen molar-refractivity contribution in [3.63, 3.8) is 0 Å². The number of primary amides is 1. The molecule has 5 rings (SSSR count). The van der Waals surface area contributed by atoms with Gasteiger partial charge in [0, 0.05) is 36.5 Å². The zero-order valence-electron chi connectivity index (χ0n) is 20.0. The Morgan fingerprint density at radius 3 is 2.41 bits per heavy atom. The van der Waals surface area contributed by atoms with Gasteiger partial charge in [-0.15, -0.1) is 0 Å². The second-order valence-corrected chi connectivity index (χ2v) is 9.98. The maximum absolute atomic E-state index is 13.7. The summed E-state index contributed by atoms with van der Waals surface area (Å²) < 4.78 is 0. The molecule has 0 spiro atoms. The number of Topliss-reactive ketones (excluding diaryl/α,β-unsaturated/α-hetero) is 2. The van der Waals surface area contributed by atoms with E-state index in [4.69, 9.17) is 11.5 Å². The molecule has 2 amide bonds. The van der Waals surface area contributed by atoms with Crippen molar-refractivity contribution >= 4 is 34.2 Å². The first-order chi connectivity index (χ1) is 17.3. The number of aliphatic hydroxyl groups is 3. The highest BCUT2D eigenvalue weighted by Gasteiger charge is 2.62. The number of nitrogens with zero attached hydrogens (tertiary/aromatic N) is 1. The summed E-state index contributed by atoms with van der Waals surface area (Å²) >= 11 is 0. The van der Waals surface area contributed by atoms with E-state index in [9.17, 15) is 39.6 Å². The van der Waals surface area contributed by atoms with Crippen LogP contribution in [-0.4, -0.2) is 74.4 Å². The lowest BCUT2D eigenvalue weighted by atomic mass is 9.59. The quantitative estimate of drug-likeness (QED) is 0.310. The average molecular weight is 507 g/mol. The third kappa shape index (κ3) is 3.14. The number of allylic oxidation sites excluding steroid dienone is 1. The van der Waals surface area contributed by atoms with Gasteiger partial charge in [-0.1, -0.05) is 12.1 Å². The van der Waals surface area contributed by atoms with Gasteiger partial charge < -0.3 is 36.8 Å². The van der Waals surface area contributed by atoms with Gasteiger partial charge in [0.15, 0.2) is 11.4 Å². The maximum Gasteiger partial charge on any atom is 0.255 e. The van der Waals surface area contributed by atoms with Crippen molar-refractivity contribution in [2.75, 3.05) is 14.1 Å². The normalized spacial score (nSPS) is 27.1. The van der Waals surface area contributed by atoms with Gasteiger partial charge in [0.25, 0.3) is 11.8 Å². The highest BCUT2D eigenvalue weighted by molar-refractivity contribution is 6.25. The van der Waals surface area contributed by atoms with Gasteiger partial charge in [0.2, 0.25) is 5.78 Å². The van der Waals surface area contributed by atoms with Gasteiger partial charge in [-0.3, -0.25) is 19.2 Å². The summed E-state index contributed by atoms with van der Waals surface area (Å²) in [5.74, 6) is -7.89. The topological polar surface area (TPSA) is 204 Å². The van der Waals surface area contributed by atoms with Gasteiger partial charge in [-0.2, -0.15) is 0 Å². The molecule has 2 aromatic carbocycles. The predicted molar refractivity (Wildman–Crippen MR) is 130 cm³/mol. The number of amides is 2. The Balaban J connectivity index is 1.69. The highest BCUT2D eigenvalue weighted by atomic mass is 16.3. The fourth-order valence-electron chi connectivity index (χ4n) is 5.87. The number of nitrogens with two attached hydrogens (primary N) is 2. The molecular formula is C26H25N3O8. The van der Waals surface area contributed by atoms with Crippen molar-refractivity contribution in [2.45, 2.75) is 24.5 Å². The van der Waals surface area contributed by atoms with Crippen LogP contribution in [0.5, 0.6) is 5.75 Å². The molecule has 0 heterocycles. The summed E-state index contributed by atoms with van der Waals surface area (Å²) in [5, 5.41) is 44.9. The van der Waals surface area contributed by atoms with Crippen molar-refractivity contribution in [1.29, 1.82) is 0 Å². The SMILES string of the molecule is CN(C)C(=O)c1ccc2cc3c(c(O)c2c1)C(=O)C1=C(O)[C@]2(O)C(=O)C(C(N)=O)=C(O)[C@@H](N)[C@@H]2C[C@@H]1C3. The molecule has 11 heteroatoms. The first-order valence-corrected chi connectivity index (χ1v) is 11.5. The van der Waals surface area contributed by atoms with Gasteiger partial charge >= 0.3 is 0 Å². The number of hydrogen-bond acceptors (Lipinski definition) is 9. The molecule has 11 nitrogen and oxygen atoms in total. The lowest BCUT2D eigenvalue weighted by molar-refractivity contribution is -0.145. The standard InChI is InChI=1S/C26H25N3O8/c1-29(2)25(36)10-4-3-9-5-11-6-12-8-14-18(27)21(32)17(24(28)35)23(34)26(14,37)22(33)16(12)20(31)15(11)19(30)13(9)7-10/h3-5,7,12,14,18,30,32-33,37H,6,8,27H2,1-2H3,(H2,28,35)/t12-,14-,18-,26-/m0/s1. The fraction of sp³-hybridized carbons (Fsp3) is 0.308. The number of ketones is 2. The van der Waals surface area contributed by atoms with Crippen LogP contribution in [-0.2, 0) is 16.0 Å². The van der Waals surface area contributed by atoms with Crippen LogP contribution in [0.1, 0.15) is 32.7 Å². The number of benzene rings is 2. The number of phenolic OH excluding ortho intramolecular Hbond substituents is 1. The van der Waals surface area contributed by atoms with Crippen LogP contribution in [0.2, 0.25) is 0 Å². The first-order valence-electron chi connectivity index (χ1n) is 11.5. The number of rotatable bonds is 2. The van der Waals surface area contributed by atoms with Gasteiger partial charge in [-0.05, 0) is 41.8 Å². The van der Waals surface area contributed by atoms with Crippen molar-refractivity contribution in [2.24, 2.45) is 23.3 Å². The van der Waals surface area contributed by atoms with Gasteiger partial charge in [0.1, 0.15) is 22.8 Å². The summed E-state index contributed by atoms with van der Waals surface area (Å²) in [6.07, 6.45) is 0.0855. The molecule has 0 saturated carbocycles. The van der Waals surface area contributed by atoms with E-state index in [1.165, 1.54) is 11.0 Å². The lowest BCUT2D eigenvalue weighted by Gasteiger charge is -2.47. The number of phenols is 1. The number of carbonyl (C=O) groups is 4. The molecular weight excluding hydrogens is 482 g/mol. The molecule has 0 saturated heterocycles. The molecule has 2 aromatic rings. The molecule has 3 aliphatic carbocycles. The summed E-state index contributed by atoms with van der Waals surface area (Å²) in [5.41, 5.74) is 7.94. The van der Waals surface area contributed by atoms with Gasteiger partial charge in [0.05, 0.1) is 11.6 Å². The minimum atomic E-state index is -2.76. The van der Waals surface area contributed by atoms with E-state index in [0.29, 0.717) is 10.9 Å². The maximum atomic E-state index is 13.7. The molecule has 0 fully saturated rings. The minimum absolute atomic E-state index is 0.0703. The third-order valence-electron chi connectivity index (χ3n) is 7.71. The smallest absolute Gasteiger partial charge is 0.255 e. The summed E-state index contributed by atoms with van der Waals surface area (Å²) in [6.45, 7) is 0. The van der Waals surface area contributed by atoms with E-state index in [2.05, 4.69) is 0 Å². The van der Waals surface area contributed by atoms with Gasteiger partial charge in [-0.25, -0.2) is 0 Å².